The van der Waals surface area contributed by atoms with Gasteiger partial charge in [-0.25, -0.2) is 4.79 Å². The zero-order chi connectivity index (χ0) is 19.7. The van der Waals surface area contributed by atoms with Crippen molar-refractivity contribution in [1.29, 1.82) is 0 Å². The quantitative estimate of drug-likeness (QED) is 0.833. The Labute approximate surface area is 164 Å². The largest absolute Gasteiger partial charge is 0.480 e. The Balaban J connectivity index is 1.41. The molecular weight excluding hydrogens is 356 g/mol. The van der Waals surface area contributed by atoms with Gasteiger partial charge < -0.3 is 14.7 Å². The van der Waals surface area contributed by atoms with E-state index < -0.39 is 11.5 Å². The SMILES string of the molecule is CC1(NCC(=O)O)CCN(C(=O)OCC2c3ccccc3-c3ccccc32)C1. The second-order valence-corrected chi connectivity index (χ2v) is 7.78. The molecule has 1 aliphatic heterocycles. The highest BCUT2D eigenvalue weighted by Gasteiger charge is 2.37. The van der Waals surface area contributed by atoms with E-state index in [4.69, 9.17) is 9.84 Å². The molecule has 28 heavy (non-hydrogen) atoms. The van der Waals surface area contributed by atoms with Crippen LogP contribution < -0.4 is 5.32 Å². The van der Waals surface area contributed by atoms with Gasteiger partial charge in [0.1, 0.15) is 6.61 Å². The Morgan fingerprint density at radius 2 is 1.75 bits per heavy atom. The van der Waals surface area contributed by atoms with Crippen molar-refractivity contribution in [2.45, 2.75) is 24.8 Å². The number of carbonyl (C=O) groups is 2. The molecule has 1 amide bonds. The molecule has 146 valence electrons. The van der Waals surface area contributed by atoms with Crippen LogP contribution in [0.3, 0.4) is 0 Å². The summed E-state index contributed by atoms with van der Waals surface area (Å²) in [6.45, 7) is 3.11. The van der Waals surface area contributed by atoms with Crippen LogP contribution in [0.2, 0.25) is 0 Å². The number of hydrogen-bond donors (Lipinski definition) is 2. The van der Waals surface area contributed by atoms with Gasteiger partial charge in [-0.3, -0.25) is 10.1 Å². The van der Waals surface area contributed by atoms with Crippen LogP contribution >= 0.6 is 0 Å². The van der Waals surface area contributed by atoms with E-state index in [1.54, 1.807) is 4.90 Å². The number of hydrogen-bond acceptors (Lipinski definition) is 4. The number of nitrogens with zero attached hydrogens (tertiary/aromatic N) is 1. The van der Waals surface area contributed by atoms with Crippen LogP contribution in [-0.2, 0) is 9.53 Å². The Morgan fingerprint density at radius 3 is 2.36 bits per heavy atom. The number of carbonyl (C=O) groups excluding carboxylic acids is 1. The van der Waals surface area contributed by atoms with E-state index in [9.17, 15) is 9.59 Å². The lowest BCUT2D eigenvalue weighted by atomic mass is 9.98. The Bertz CT molecular complexity index is 867. The molecule has 1 saturated heterocycles. The molecule has 0 radical (unpaired) electrons. The standard InChI is InChI=1S/C22H24N2O4/c1-22(23-12-20(25)26)10-11-24(14-22)21(27)28-13-19-17-8-4-2-6-15(17)16-7-3-5-9-18(16)19/h2-9,19,23H,10-14H2,1H3,(H,25,26). The maximum Gasteiger partial charge on any atom is 0.409 e. The minimum Gasteiger partial charge on any atom is -0.480 e. The van der Waals surface area contributed by atoms with Crippen LogP contribution in [0.4, 0.5) is 4.79 Å². The fraction of sp³-hybridized carbons (Fsp3) is 0.364. The van der Waals surface area contributed by atoms with Crippen molar-refractivity contribution < 1.29 is 19.4 Å². The average molecular weight is 380 g/mol. The van der Waals surface area contributed by atoms with E-state index in [1.165, 1.54) is 22.3 Å². The summed E-state index contributed by atoms with van der Waals surface area (Å²) < 4.78 is 5.69. The first-order valence-electron chi connectivity index (χ1n) is 9.54. The summed E-state index contributed by atoms with van der Waals surface area (Å²) in [5, 5.41) is 11.9. The number of fused-ring (bicyclic) bond motifs is 3. The van der Waals surface area contributed by atoms with E-state index in [1.807, 2.05) is 31.2 Å². The monoisotopic (exact) mass is 380 g/mol. The summed E-state index contributed by atoms with van der Waals surface area (Å²) in [4.78, 5) is 25.1. The molecule has 1 fully saturated rings. The highest BCUT2D eigenvalue weighted by atomic mass is 16.6. The molecular formula is C22H24N2O4. The van der Waals surface area contributed by atoms with E-state index in [0.717, 1.165) is 0 Å². The van der Waals surface area contributed by atoms with Gasteiger partial charge in [-0.05, 0) is 35.6 Å². The minimum absolute atomic E-state index is 0.0375. The van der Waals surface area contributed by atoms with Crippen LogP contribution in [0.15, 0.2) is 48.5 Å². The van der Waals surface area contributed by atoms with E-state index >= 15 is 0 Å². The van der Waals surface area contributed by atoms with Crippen molar-refractivity contribution in [3.8, 4) is 11.1 Å². The molecule has 0 saturated carbocycles. The van der Waals surface area contributed by atoms with Crippen LogP contribution in [0.25, 0.3) is 11.1 Å². The lowest BCUT2D eigenvalue weighted by Gasteiger charge is -2.25. The number of ether oxygens (including phenoxy) is 1. The van der Waals surface area contributed by atoms with Crippen LogP contribution in [0.1, 0.15) is 30.4 Å². The van der Waals surface area contributed by atoms with Crippen LogP contribution in [0.5, 0.6) is 0 Å². The number of carboxylic acid groups (broad SMARTS) is 1. The van der Waals surface area contributed by atoms with Crippen LogP contribution in [-0.4, -0.2) is 53.8 Å². The molecule has 1 atom stereocenters. The molecule has 2 aromatic carbocycles. The molecule has 1 unspecified atom stereocenters. The summed E-state index contributed by atoms with van der Waals surface area (Å²) in [7, 11) is 0. The molecule has 6 heteroatoms. The molecule has 6 nitrogen and oxygen atoms in total. The second-order valence-electron chi connectivity index (χ2n) is 7.78. The van der Waals surface area contributed by atoms with Gasteiger partial charge in [0.05, 0.1) is 6.54 Å². The molecule has 0 spiro atoms. The maximum absolute atomic E-state index is 12.6. The smallest absolute Gasteiger partial charge is 0.409 e. The van der Waals surface area contributed by atoms with Crippen molar-refractivity contribution in [2.24, 2.45) is 0 Å². The number of amides is 1. The highest BCUT2D eigenvalue weighted by Crippen LogP contribution is 2.44. The lowest BCUT2D eigenvalue weighted by Crippen LogP contribution is -2.47. The number of rotatable bonds is 5. The number of carboxylic acids is 1. The van der Waals surface area contributed by atoms with Gasteiger partial charge in [-0.2, -0.15) is 0 Å². The first-order chi connectivity index (χ1) is 13.5. The van der Waals surface area contributed by atoms with E-state index in [-0.39, 0.29) is 18.6 Å². The second kappa shape index (κ2) is 7.28. The molecule has 0 bridgehead atoms. The molecule has 2 aliphatic rings. The van der Waals surface area contributed by atoms with Crippen molar-refractivity contribution in [2.75, 3.05) is 26.2 Å². The molecule has 0 aromatic heterocycles. The number of nitrogens with one attached hydrogen (secondary N) is 1. The number of benzene rings is 2. The van der Waals surface area contributed by atoms with Gasteiger partial charge >= 0.3 is 12.1 Å². The first-order valence-corrected chi connectivity index (χ1v) is 9.54. The Morgan fingerprint density at radius 1 is 1.14 bits per heavy atom. The predicted octanol–water partition coefficient (Wildman–Crippen LogP) is 3.07. The van der Waals surface area contributed by atoms with Gasteiger partial charge in [0.15, 0.2) is 0 Å². The molecule has 4 rings (SSSR count). The topological polar surface area (TPSA) is 78.9 Å². The van der Waals surface area contributed by atoms with Crippen molar-refractivity contribution in [1.82, 2.24) is 10.2 Å². The van der Waals surface area contributed by atoms with Crippen molar-refractivity contribution in [3.05, 3.63) is 59.7 Å². The van der Waals surface area contributed by atoms with Gasteiger partial charge in [0.2, 0.25) is 0 Å². The minimum atomic E-state index is -0.902. The van der Waals surface area contributed by atoms with Gasteiger partial charge in [0, 0.05) is 24.5 Å². The number of likely N-dealkylation sites (tertiary alicyclic amines) is 1. The third kappa shape index (κ3) is 3.47. The third-order valence-electron chi connectivity index (χ3n) is 5.73. The zero-order valence-electron chi connectivity index (χ0n) is 15.9. The third-order valence-corrected chi connectivity index (χ3v) is 5.73. The Hall–Kier alpha value is -2.86. The van der Waals surface area contributed by atoms with Crippen molar-refractivity contribution >= 4 is 12.1 Å². The maximum atomic E-state index is 12.6. The van der Waals surface area contributed by atoms with Crippen LogP contribution in [0, 0.1) is 0 Å². The van der Waals surface area contributed by atoms with Gasteiger partial charge in [-0.1, -0.05) is 48.5 Å². The van der Waals surface area contributed by atoms with Gasteiger partial charge in [0.25, 0.3) is 0 Å². The fourth-order valence-corrected chi connectivity index (χ4v) is 4.24. The summed E-state index contributed by atoms with van der Waals surface area (Å²) in [5.41, 5.74) is 4.37. The number of aliphatic carboxylic acids is 1. The summed E-state index contributed by atoms with van der Waals surface area (Å²) >= 11 is 0. The average Bonchev–Trinajstić information content (AvgIpc) is 3.24. The summed E-state index contributed by atoms with van der Waals surface area (Å²) in [5.74, 6) is -0.865. The first kappa shape index (κ1) is 18.5. The molecule has 2 N–H and O–H groups in total. The molecule has 1 aliphatic carbocycles. The lowest BCUT2D eigenvalue weighted by molar-refractivity contribution is -0.136. The highest BCUT2D eigenvalue weighted by molar-refractivity contribution is 5.79. The summed E-state index contributed by atoms with van der Waals surface area (Å²) in [6.07, 6.45) is 0.354. The van der Waals surface area contributed by atoms with Gasteiger partial charge in [-0.15, -0.1) is 0 Å². The fourth-order valence-electron chi connectivity index (χ4n) is 4.24. The molecule has 2 aromatic rings. The van der Waals surface area contributed by atoms with Crippen molar-refractivity contribution in [3.63, 3.8) is 0 Å². The summed E-state index contributed by atoms with van der Waals surface area (Å²) in [6, 6.07) is 16.5. The Kier molecular flexibility index (Phi) is 4.81. The van der Waals surface area contributed by atoms with E-state index in [2.05, 4.69) is 29.6 Å². The molecule has 1 heterocycles. The van der Waals surface area contributed by atoms with E-state index in [0.29, 0.717) is 26.1 Å². The predicted molar refractivity (Wildman–Crippen MR) is 105 cm³/mol. The zero-order valence-corrected chi connectivity index (χ0v) is 15.9. The normalized spacial score (nSPS) is 20.7.